The highest BCUT2D eigenvalue weighted by atomic mass is 32.1. The molecule has 6 heteroatoms. The van der Waals surface area contributed by atoms with Crippen LogP contribution in [0.15, 0.2) is 70.5 Å². The van der Waals surface area contributed by atoms with Gasteiger partial charge in [-0.05, 0) is 29.6 Å². The van der Waals surface area contributed by atoms with Gasteiger partial charge in [0.05, 0.1) is 5.56 Å². The van der Waals surface area contributed by atoms with Gasteiger partial charge in [0.25, 0.3) is 5.91 Å². The maximum Gasteiger partial charge on any atom is 0.292 e. The molecule has 0 aliphatic carbocycles. The quantitative estimate of drug-likeness (QED) is 0.521. The molecule has 2 aromatic heterocycles. The molecule has 4 rings (SSSR count). The number of amides is 1. The van der Waals surface area contributed by atoms with Gasteiger partial charge in [-0.15, -0.1) is 11.3 Å². The molecule has 0 saturated heterocycles. The standard InChI is InChI=1S/C21H14N2O3S/c22-12-14-10-11-27-21(14)23-20(24)19-17(13-25-15-6-2-1-3-7-15)16-8-4-5-9-18(16)26-19/h1-11H,13H2,(H,23,24). The van der Waals surface area contributed by atoms with Gasteiger partial charge in [0.15, 0.2) is 5.76 Å². The van der Waals surface area contributed by atoms with Crippen molar-refractivity contribution in [2.45, 2.75) is 6.61 Å². The number of para-hydroxylation sites is 2. The predicted octanol–water partition coefficient (Wildman–Crippen LogP) is 5.20. The molecule has 0 aliphatic heterocycles. The van der Waals surface area contributed by atoms with Crippen molar-refractivity contribution in [1.82, 2.24) is 0 Å². The molecule has 0 fully saturated rings. The number of furan rings is 1. The van der Waals surface area contributed by atoms with Crippen molar-refractivity contribution in [2.24, 2.45) is 0 Å². The summed E-state index contributed by atoms with van der Waals surface area (Å²) in [6.07, 6.45) is 0. The third-order valence-corrected chi connectivity index (χ3v) is 4.87. The summed E-state index contributed by atoms with van der Waals surface area (Å²) in [4.78, 5) is 12.8. The topological polar surface area (TPSA) is 75.3 Å². The van der Waals surface area contributed by atoms with Crippen LogP contribution in [-0.2, 0) is 6.61 Å². The number of rotatable bonds is 5. The lowest BCUT2D eigenvalue weighted by Crippen LogP contribution is -2.13. The van der Waals surface area contributed by atoms with E-state index in [0.717, 1.165) is 5.39 Å². The van der Waals surface area contributed by atoms with Crippen LogP contribution in [0.5, 0.6) is 5.75 Å². The Kier molecular flexibility index (Phi) is 4.60. The number of thiophene rings is 1. The summed E-state index contributed by atoms with van der Waals surface area (Å²) in [5, 5.41) is 15.0. The fourth-order valence-electron chi connectivity index (χ4n) is 2.75. The van der Waals surface area contributed by atoms with Gasteiger partial charge in [-0.25, -0.2) is 0 Å². The lowest BCUT2D eigenvalue weighted by Gasteiger charge is -2.07. The average Bonchev–Trinajstić information content (AvgIpc) is 3.31. The molecule has 0 aliphatic rings. The van der Waals surface area contributed by atoms with Crippen LogP contribution in [0, 0.1) is 11.3 Å². The Bertz CT molecular complexity index is 1140. The second-order valence-corrected chi connectivity index (χ2v) is 6.65. The summed E-state index contributed by atoms with van der Waals surface area (Å²) in [6, 6.07) is 20.6. The van der Waals surface area contributed by atoms with Crippen LogP contribution in [0.2, 0.25) is 0 Å². The van der Waals surface area contributed by atoms with Crippen molar-refractivity contribution in [3.63, 3.8) is 0 Å². The summed E-state index contributed by atoms with van der Waals surface area (Å²) >= 11 is 1.29. The van der Waals surface area contributed by atoms with Gasteiger partial charge in [0, 0.05) is 10.9 Å². The SMILES string of the molecule is N#Cc1ccsc1NC(=O)c1oc2ccccc2c1COc1ccccc1. The van der Waals surface area contributed by atoms with Gasteiger partial charge in [-0.3, -0.25) is 4.79 Å². The minimum atomic E-state index is -0.406. The summed E-state index contributed by atoms with van der Waals surface area (Å²) in [5.74, 6) is 0.486. The molecule has 5 nitrogen and oxygen atoms in total. The first-order valence-electron chi connectivity index (χ1n) is 8.23. The van der Waals surface area contributed by atoms with Crippen molar-refractivity contribution in [3.05, 3.63) is 82.9 Å². The van der Waals surface area contributed by atoms with Gasteiger partial charge in [0.2, 0.25) is 0 Å². The number of hydrogen-bond acceptors (Lipinski definition) is 5. The zero-order valence-electron chi connectivity index (χ0n) is 14.1. The molecule has 0 unspecified atom stereocenters. The predicted molar refractivity (Wildman–Crippen MR) is 104 cm³/mol. The monoisotopic (exact) mass is 374 g/mol. The molecule has 2 aromatic carbocycles. The number of benzene rings is 2. The van der Waals surface area contributed by atoms with E-state index in [9.17, 15) is 4.79 Å². The first-order valence-corrected chi connectivity index (χ1v) is 9.11. The Balaban J connectivity index is 1.67. The minimum absolute atomic E-state index is 0.185. The second-order valence-electron chi connectivity index (χ2n) is 5.74. The highest BCUT2D eigenvalue weighted by Gasteiger charge is 2.22. The van der Waals surface area contributed by atoms with Crippen molar-refractivity contribution in [1.29, 1.82) is 5.26 Å². The molecule has 0 bridgehead atoms. The number of nitrogens with one attached hydrogen (secondary N) is 1. The van der Waals surface area contributed by atoms with Gasteiger partial charge in [-0.1, -0.05) is 36.4 Å². The number of carbonyl (C=O) groups is 1. The van der Waals surface area contributed by atoms with Gasteiger partial charge < -0.3 is 14.5 Å². The van der Waals surface area contributed by atoms with Crippen LogP contribution in [-0.4, -0.2) is 5.91 Å². The number of hydrogen-bond donors (Lipinski definition) is 1. The largest absolute Gasteiger partial charge is 0.489 e. The average molecular weight is 374 g/mol. The Labute approximate surface area is 159 Å². The van der Waals surface area contributed by atoms with Crippen LogP contribution in [0.3, 0.4) is 0 Å². The number of fused-ring (bicyclic) bond motifs is 1. The van der Waals surface area contributed by atoms with E-state index in [2.05, 4.69) is 11.4 Å². The van der Waals surface area contributed by atoms with Crippen molar-refractivity contribution >= 4 is 33.2 Å². The molecule has 0 spiro atoms. The molecule has 1 N–H and O–H groups in total. The molecule has 0 atom stereocenters. The summed E-state index contributed by atoms with van der Waals surface area (Å²) in [7, 11) is 0. The third-order valence-electron chi connectivity index (χ3n) is 4.04. The molecule has 1 amide bonds. The lowest BCUT2D eigenvalue weighted by atomic mass is 10.1. The number of nitrogens with zero attached hydrogens (tertiary/aromatic N) is 1. The van der Waals surface area contributed by atoms with Gasteiger partial charge >= 0.3 is 0 Å². The molecule has 2 heterocycles. The first kappa shape index (κ1) is 16.9. The summed E-state index contributed by atoms with van der Waals surface area (Å²) < 4.78 is 11.6. The first-order chi connectivity index (χ1) is 13.3. The number of ether oxygens (including phenoxy) is 1. The third kappa shape index (κ3) is 3.41. The lowest BCUT2D eigenvalue weighted by molar-refractivity contribution is 0.0995. The van der Waals surface area contributed by atoms with E-state index in [4.69, 9.17) is 14.4 Å². The van der Waals surface area contributed by atoms with Crippen molar-refractivity contribution < 1.29 is 13.9 Å². The van der Waals surface area contributed by atoms with Crippen molar-refractivity contribution in [2.75, 3.05) is 5.32 Å². The molecular weight excluding hydrogens is 360 g/mol. The van der Waals surface area contributed by atoms with Crippen molar-refractivity contribution in [3.8, 4) is 11.8 Å². The fraction of sp³-hybridized carbons (Fsp3) is 0.0476. The highest BCUT2D eigenvalue weighted by Crippen LogP contribution is 2.29. The van der Waals surface area contributed by atoms with Crippen LogP contribution >= 0.6 is 11.3 Å². The Morgan fingerprint density at radius 1 is 1.11 bits per heavy atom. The van der Waals surface area contributed by atoms with E-state index in [1.807, 2.05) is 54.6 Å². The maximum atomic E-state index is 12.8. The van der Waals surface area contributed by atoms with Crippen LogP contribution < -0.4 is 10.1 Å². The number of carbonyl (C=O) groups excluding carboxylic acids is 1. The minimum Gasteiger partial charge on any atom is -0.489 e. The van der Waals surface area contributed by atoms with Gasteiger partial charge in [-0.2, -0.15) is 5.26 Å². The molecular formula is C21H14N2O3S. The maximum absolute atomic E-state index is 12.8. The number of anilines is 1. The zero-order chi connectivity index (χ0) is 18.6. The van der Waals surface area contributed by atoms with Gasteiger partial charge in [0.1, 0.15) is 29.0 Å². The number of nitriles is 1. The fourth-order valence-corrected chi connectivity index (χ4v) is 3.48. The Hall–Kier alpha value is -3.56. The Morgan fingerprint density at radius 2 is 1.89 bits per heavy atom. The highest BCUT2D eigenvalue weighted by molar-refractivity contribution is 7.14. The van der Waals surface area contributed by atoms with E-state index in [0.29, 0.717) is 27.5 Å². The molecule has 27 heavy (non-hydrogen) atoms. The van der Waals surface area contributed by atoms with E-state index < -0.39 is 5.91 Å². The molecule has 0 radical (unpaired) electrons. The summed E-state index contributed by atoms with van der Waals surface area (Å²) in [6.45, 7) is 0.194. The zero-order valence-corrected chi connectivity index (χ0v) is 15.0. The van der Waals surface area contributed by atoms with Crippen LogP contribution in [0.1, 0.15) is 21.7 Å². The molecule has 4 aromatic rings. The van der Waals surface area contributed by atoms with Crippen LogP contribution in [0.25, 0.3) is 11.0 Å². The summed E-state index contributed by atoms with van der Waals surface area (Å²) in [5.41, 5.74) is 1.70. The van der Waals surface area contributed by atoms with E-state index in [1.165, 1.54) is 11.3 Å². The molecule has 0 saturated carbocycles. The van der Waals surface area contributed by atoms with E-state index in [-0.39, 0.29) is 12.4 Å². The second kappa shape index (κ2) is 7.36. The van der Waals surface area contributed by atoms with E-state index >= 15 is 0 Å². The Morgan fingerprint density at radius 3 is 2.70 bits per heavy atom. The normalized spacial score (nSPS) is 10.5. The molecule has 132 valence electrons. The smallest absolute Gasteiger partial charge is 0.292 e. The van der Waals surface area contributed by atoms with Crippen LogP contribution in [0.4, 0.5) is 5.00 Å². The van der Waals surface area contributed by atoms with E-state index in [1.54, 1.807) is 11.4 Å².